The van der Waals surface area contributed by atoms with Gasteiger partial charge in [-0.25, -0.2) is 0 Å². The van der Waals surface area contributed by atoms with Crippen molar-refractivity contribution in [2.45, 2.75) is 39.4 Å². The first kappa shape index (κ1) is 21.9. The average Bonchev–Trinajstić information content (AvgIpc) is 2.81. The first-order chi connectivity index (χ1) is 15.5. The Morgan fingerprint density at radius 1 is 0.906 bits per heavy atom. The van der Waals surface area contributed by atoms with E-state index in [4.69, 9.17) is 28.4 Å². The van der Waals surface area contributed by atoms with Gasteiger partial charge in [-0.1, -0.05) is 13.8 Å². The highest BCUT2D eigenvalue weighted by Gasteiger charge is 2.39. The molecule has 3 heterocycles. The number of benzene rings is 2. The third kappa shape index (κ3) is 3.44. The highest BCUT2D eigenvalue weighted by atomic mass is 16.5. The van der Waals surface area contributed by atoms with Crippen molar-refractivity contribution >= 4 is 17.4 Å². The molecule has 0 fully saturated rings. The predicted molar refractivity (Wildman–Crippen MR) is 125 cm³/mol. The third-order valence-corrected chi connectivity index (χ3v) is 5.62. The first-order valence-electron chi connectivity index (χ1n) is 10.9. The molecular formula is C26H30O6. The van der Waals surface area contributed by atoms with Gasteiger partial charge in [0.25, 0.3) is 0 Å². The van der Waals surface area contributed by atoms with E-state index >= 15 is 0 Å². The van der Waals surface area contributed by atoms with Crippen LogP contribution >= 0.6 is 0 Å². The molecule has 0 unspecified atom stereocenters. The van der Waals surface area contributed by atoms with Crippen molar-refractivity contribution < 1.29 is 28.4 Å². The molecule has 0 radical (unpaired) electrons. The minimum absolute atomic E-state index is 0.312. The predicted octanol–water partition coefficient (Wildman–Crippen LogP) is 5.58. The van der Waals surface area contributed by atoms with Gasteiger partial charge in [0.1, 0.15) is 35.2 Å². The van der Waals surface area contributed by atoms with Crippen molar-refractivity contribution in [2.75, 3.05) is 27.9 Å². The van der Waals surface area contributed by atoms with Crippen LogP contribution in [0.15, 0.2) is 30.3 Å². The van der Waals surface area contributed by atoms with Gasteiger partial charge in [0, 0.05) is 17.2 Å². The second-order valence-electron chi connectivity index (χ2n) is 7.96. The lowest BCUT2D eigenvalue weighted by Gasteiger charge is -2.37. The van der Waals surface area contributed by atoms with E-state index in [1.165, 1.54) is 0 Å². The lowest BCUT2D eigenvalue weighted by atomic mass is 9.89. The molecule has 1 atom stereocenters. The van der Waals surface area contributed by atoms with Crippen molar-refractivity contribution in [3.8, 4) is 28.7 Å². The molecule has 3 aliphatic heterocycles. The Kier molecular flexibility index (Phi) is 5.71. The fraction of sp³-hybridized carbons (Fsp3) is 0.385. The maximum atomic E-state index is 6.46. The molecule has 0 spiro atoms. The minimum atomic E-state index is -0.358. The number of rotatable bonds is 3. The summed E-state index contributed by atoms with van der Waals surface area (Å²) in [5.74, 6) is 4.26. The van der Waals surface area contributed by atoms with Crippen LogP contribution in [0.1, 0.15) is 44.4 Å². The normalized spacial score (nSPS) is 18.8. The van der Waals surface area contributed by atoms with Crippen molar-refractivity contribution in [1.29, 1.82) is 0 Å². The van der Waals surface area contributed by atoms with Gasteiger partial charge in [-0.05, 0) is 44.2 Å². The van der Waals surface area contributed by atoms with E-state index in [9.17, 15) is 0 Å². The van der Waals surface area contributed by atoms with Gasteiger partial charge >= 0.3 is 0 Å². The summed E-state index contributed by atoms with van der Waals surface area (Å²) in [5, 5.41) is 0. The lowest BCUT2D eigenvalue weighted by molar-refractivity contribution is 0.145. The third-order valence-electron chi connectivity index (χ3n) is 5.62. The second-order valence-corrected chi connectivity index (χ2v) is 7.96. The summed E-state index contributed by atoms with van der Waals surface area (Å²) < 4.78 is 35.4. The summed E-state index contributed by atoms with van der Waals surface area (Å²) in [5.41, 5.74) is 3.26. The Balaban J connectivity index is 0.00000119. The zero-order valence-electron chi connectivity index (χ0n) is 19.7. The summed E-state index contributed by atoms with van der Waals surface area (Å²) in [6, 6.07) is 7.71. The molecule has 0 saturated heterocycles. The van der Waals surface area contributed by atoms with Gasteiger partial charge < -0.3 is 28.4 Å². The molecule has 32 heavy (non-hydrogen) atoms. The van der Waals surface area contributed by atoms with Crippen LogP contribution in [0.25, 0.3) is 17.4 Å². The largest absolute Gasteiger partial charge is 0.496 e. The second kappa shape index (κ2) is 8.34. The van der Waals surface area contributed by atoms with Crippen molar-refractivity contribution in [2.24, 2.45) is 0 Å². The molecule has 2 aromatic carbocycles. The Labute approximate surface area is 189 Å². The summed E-state index contributed by atoms with van der Waals surface area (Å²) in [4.78, 5) is 0. The number of hydrogen-bond donors (Lipinski definition) is 0. The number of ether oxygens (including phenoxy) is 6. The van der Waals surface area contributed by atoms with E-state index < -0.39 is 0 Å². The first-order valence-corrected chi connectivity index (χ1v) is 10.9. The van der Waals surface area contributed by atoms with Gasteiger partial charge in [-0.3, -0.25) is 0 Å². The summed E-state index contributed by atoms with van der Waals surface area (Å²) in [7, 11) is 4.90. The van der Waals surface area contributed by atoms with Crippen LogP contribution in [-0.4, -0.2) is 39.6 Å². The molecule has 0 aromatic heterocycles. The molecule has 2 aromatic rings. The number of hydrogen-bond acceptors (Lipinski definition) is 6. The van der Waals surface area contributed by atoms with Gasteiger partial charge in [0.05, 0.1) is 32.5 Å². The molecule has 3 aliphatic rings. The zero-order chi connectivity index (χ0) is 23.0. The van der Waals surface area contributed by atoms with Crippen LogP contribution < -0.4 is 23.7 Å². The Morgan fingerprint density at radius 3 is 2.31 bits per heavy atom. The molecule has 0 aliphatic carbocycles. The molecular weight excluding hydrogens is 408 g/mol. The summed E-state index contributed by atoms with van der Waals surface area (Å²) in [6.45, 7) is 8.42. The maximum Gasteiger partial charge on any atom is 0.164 e. The van der Waals surface area contributed by atoms with Gasteiger partial charge in [-0.2, -0.15) is 0 Å². The lowest BCUT2D eigenvalue weighted by Crippen LogP contribution is -2.35. The SMILES string of the molecule is CC.COC1=C2c3cc(OC)c(OC)cc3OC[C@H]2Oc2c1ccc1c2C=CC(C)(C)O1. The minimum Gasteiger partial charge on any atom is -0.496 e. The van der Waals surface area contributed by atoms with Crippen molar-refractivity contribution in [3.05, 3.63) is 47.0 Å². The smallest absolute Gasteiger partial charge is 0.164 e. The van der Waals surface area contributed by atoms with Gasteiger partial charge in [0.2, 0.25) is 0 Å². The van der Waals surface area contributed by atoms with E-state index in [1.807, 2.05) is 58.0 Å². The molecule has 170 valence electrons. The Morgan fingerprint density at radius 2 is 1.62 bits per heavy atom. The molecule has 0 amide bonds. The van der Waals surface area contributed by atoms with E-state index in [0.717, 1.165) is 39.5 Å². The Bertz CT molecular complexity index is 1100. The van der Waals surface area contributed by atoms with E-state index in [-0.39, 0.29) is 11.7 Å². The molecule has 0 saturated carbocycles. The van der Waals surface area contributed by atoms with Crippen LogP contribution in [0, 0.1) is 0 Å². The van der Waals surface area contributed by atoms with Gasteiger partial charge in [-0.15, -0.1) is 0 Å². The van der Waals surface area contributed by atoms with E-state index in [1.54, 1.807) is 21.3 Å². The molecule has 0 bridgehead atoms. The number of methoxy groups -OCH3 is 3. The van der Waals surface area contributed by atoms with Gasteiger partial charge in [0.15, 0.2) is 17.6 Å². The van der Waals surface area contributed by atoms with Crippen LogP contribution in [0.3, 0.4) is 0 Å². The fourth-order valence-corrected chi connectivity index (χ4v) is 4.22. The van der Waals surface area contributed by atoms with Crippen LogP contribution in [0.2, 0.25) is 0 Å². The molecule has 5 rings (SSSR count). The van der Waals surface area contributed by atoms with Crippen molar-refractivity contribution in [3.63, 3.8) is 0 Å². The quantitative estimate of drug-likeness (QED) is 0.623. The maximum absolute atomic E-state index is 6.46. The van der Waals surface area contributed by atoms with E-state index in [0.29, 0.717) is 23.9 Å². The topological polar surface area (TPSA) is 55.4 Å². The molecule has 6 heteroatoms. The summed E-state index contributed by atoms with van der Waals surface area (Å²) >= 11 is 0. The Hall–Kier alpha value is -3.28. The van der Waals surface area contributed by atoms with Crippen molar-refractivity contribution in [1.82, 2.24) is 0 Å². The average molecular weight is 439 g/mol. The highest BCUT2D eigenvalue weighted by molar-refractivity contribution is 5.97. The standard InChI is InChI=1S/C24H24O6.C2H6/c1-24(2)9-8-13-16(30-24)7-6-14-22(13)29-20-12-28-17-11-19(26-4)18(25-3)10-15(17)21(20)23(14)27-5;1-2/h6-11,20H,12H2,1-5H3;1-2H3/t20-;/m1./s1. The highest BCUT2D eigenvalue weighted by Crippen LogP contribution is 2.51. The van der Waals surface area contributed by atoms with E-state index in [2.05, 4.69) is 6.08 Å². The van der Waals surface area contributed by atoms with Crippen LogP contribution in [0.5, 0.6) is 28.7 Å². The summed E-state index contributed by atoms with van der Waals surface area (Å²) in [6.07, 6.45) is 3.78. The molecule has 6 nitrogen and oxygen atoms in total. The fourth-order valence-electron chi connectivity index (χ4n) is 4.22. The molecule has 0 N–H and O–H groups in total. The zero-order valence-corrected chi connectivity index (χ0v) is 19.7. The van der Waals surface area contributed by atoms with Crippen LogP contribution in [0.4, 0.5) is 0 Å². The monoisotopic (exact) mass is 438 g/mol. The van der Waals surface area contributed by atoms with Crippen LogP contribution in [-0.2, 0) is 4.74 Å². The number of fused-ring (bicyclic) bond motifs is 6.